The van der Waals surface area contributed by atoms with Crippen LogP contribution in [0.5, 0.6) is 5.75 Å². The number of benzene rings is 1. The summed E-state index contributed by atoms with van der Waals surface area (Å²) < 4.78 is 5.19. The molecular weight excluding hydrogens is 276 g/mol. The monoisotopic (exact) mass is 292 g/mol. The molecular formula is C14H16N2O3S. The predicted molar refractivity (Wildman–Crippen MR) is 80.2 cm³/mol. The maximum absolute atomic E-state index is 11.5. The Hall–Kier alpha value is -1.95. The Morgan fingerprint density at radius 1 is 1.50 bits per heavy atom. The van der Waals surface area contributed by atoms with E-state index in [0.29, 0.717) is 16.6 Å². The topological polar surface area (TPSA) is 70.9 Å². The number of thioether (sulfide) groups is 1. The predicted octanol–water partition coefficient (Wildman–Crippen LogP) is 2.42. The van der Waals surface area contributed by atoms with Gasteiger partial charge in [-0.2, -0.15) is 0 Å². The Morgan fingerprint density at radius 2 is 2.25 bits per heavy atom. The zero-order valence-corrected chi connectivity index (χ0v) is 12.3. The van der Waals surface area contributed by atoms with Gasteiger partial charge < -0.3 is 15.2 Å². The van der Waals surface area contributed by atoms with Crippen molar-refractivity contribution in [3.63, 3.8) is 0 Å². The minimum absolute atomic E-state index is 0.260. The Balaban J connectivity index is 2.50. The SMILES string of the molecule is COc1cccc(C2N=C(SC)NC(C)=C2C(=O)O)c1. The number of methoxy groups -OCH3 is 1. The van der Waals surface area contributed by atoms with E-state index in [2.05, 4.69) is 10.3 Å². The molecule has 1 heterocycles. The van der Waals surface area contributed by atoms with Gasteiger partial charge in [0.1, 0.15) is 11.8 Å². The molecule has 0 aromatic heterocycles. The highest BCUT2D eigenvalue weighted by Crippen LogP contribution is 2.33. The number of rotatable bonds is 3. The second kappa shape index (κ2) is 6.00. The summed E-state index contributed by atoms with van der Waals surface area (Å²) in [6.07, 6.45) is 1.90. The zero-order valence-electron chi connectivity index (χ0n) is 11.5. The fourth-order valence-corrected chi connectivity index (χ4v) is 2.55. The second-order valence-electron chi connectivity index (χ2n) is 4.29. The van der Waals surface area contributed by atoms with Crippen molar-refractivity contribution in [3.8, 4) is 5.75 Å². The molecule has 5 nitrogen and oxygen atoms in total. The first-order chi connectivity index (χ1) is 9.56. The van der Waals surface area contributed by atoms with Crippen molar-refractivity contribution in [2.45, 2.75) is 13.0 Å². The van der Waals surface area contributed by atoms with Gasteiger partial charge in [0.15, 0.2) is 5.17 Å². The molecule has 1 aliphatic heterocycles. The number of nitrogens with one attached hydrogen (secondary N) is 1. The van der Waals surface area contributed by atoms with E-state index in [1.165, 1.54) is 11.8 Å². The first-order valence-corrected chi connectivity index (χ1v) is 7.26. The van der Waals surface area contributed by atoms with E-state index in [0.717, 1.165) is 5.56 Å². The summed E-state index contributed by atoms with van der Waals surface area (Å²) in [5, 5.41) is 13.1. The summed E-state index contributed by atoms with van der Waals surface area (Å²) in [5.41, 5.74) is 1.68. The first-order valence-electron chi connectivity index (χ1n) is 6.03. The van der Waals surface area contributed by atoms with Crippen molar-refractivity contribution in [1.82, 2.24) is 5.32 Å². The van der Waals surface area contributed by atoms with Crippen molar-refractivity contribution in [2.75, 3.05) is 13.4 Å². The molecule has 0 aliphatic carbocycles. The summed E-state index contributed by atoms with van der Waals surface area (Å²) >= 11 is 1.45. The molecule has 1 unspecified atom stereocenters. The third-order valence-corrected chi connectivity index (χ3v) is 3.65. The fourth-order valence-electron chi connectivity index (χ4n) is 2.08. The molecule has 2 rings (SSSR count). The smallest absolute Gasteiger partial charge is 0.335 e. The summed E-state index contributed by atoms with van der Waals surface area (Å²) in [4.78, 5) is 16.0. The minimum atomic E-state index is -0.966. The van der Waals surface area contributed by atoms with E-state index in [4.69, 9.17) is 4.74 Å². The molecule has 2 N–H and O–H groups in total. The van der Waals surface area contributed by atoms with Gasteiger partial charge in [0.25, 0.3) is 0 Å². The first kappa shape index (κ1) is 14.5. The molecule has 1 aliphatic rings. The number of allylic oxidation sites excluding steroid dienone is 1. The molecule has 20 heavy (non-hydrogen) atoms. The highest BCUT2D eigenvalue weighted by Gasteiger charge is 2.28. The van der Waals surface area contributed by atoms with E-state index >= 15 is 0 Å². The van der Waals surface area contributed by atoms with Gasteiger partial charge in [-0.15, -0.1) is 0 Å². The van der Waals surface area contributed by atoms with Crippen LogP contribution >= 0.6 is 11.8 Å². The number of nitrogens with zero attached hydrogens (tertiary/aromatic N) is 1. The highest BCUT2D eigenvalue weighted by atomic mass is 32.2. The van der Waals surface area contributed by atoms with Crippen molar-refractivity contribution < 1.29 is 14.6 Å². The van der Waals surface area contributed by atoms with Gasteiger partial charge in [0, 0.05) is 5.70 Å². The Labute approximate surface area is 121 Å². The molecule has 1 aromatic rings. The van der Waals surface area contributed by atoms with Gasteiger partial charge in [-0.1, -0.05) is 23.9 Å². The van der Waals surface area contributed by atoms with Gasteiger partial charge >= 0.3 is 5.97 Å². The highest BCUT2D eigenvalue weighted by molar-refractivity contribution is 8.13. The molecule has 1 atom stereocenters. The van der Waals surface area contributed by atoms with E-state index in [9.17, 15) is 9.90 Å². The average Bonchev–Trinajstić information content (AvgIpc) is 2.45. The molecule has 1 aromatic carbocycles. The van der Waals surface area contributed by atoms with Gasteiger partial charge in [0.05, 0.1) is 12.7 Å². The Bertz CT molecular complexity index is 596. The van der Waals surface area contributed by atoms with E-state index in [1.54, 1.807) is 14.0 Å². The van der Waals surface area contributed by atoms with Crippen LogP contribution in [0.3, 0.4) is 0 Å². The minimum Gasteiger partial charge on any atom is -0.497 e. The standard InChI is InChI=1S/C14H16N2O3S/c1-8-11(13(17)18)12(16-14(15-8)20-3)9-5-4-6-10(7-9)19-2/h4-7,12H,1-3H3,(H,15,16)(H,17,18). The van der Waals surface area contributed by atoms with Crippen LogP contribution in [-0.2, 0) is 4.79 Å². The summed E-state index contributed by atoms with van der Waals surface area (Å²) in [6, 6.07) is 6.80. The van der Waals surface area contributed by atoms with Gasteiger partial charge in [-0.25, -0.2) is 9.79 Å². The van der Waals surface area contributed by atoms with Crippen LogP contribution in [0.15, 0.2) is 40.5 Å². The van der Waals surface area contributed by atoms with Crippen LogP contribution < -0.4 is 10.1 Å². The number of ether oxygens (including phenoxy) is 1. The van der Waals surface area contributed by atoms with Crippen molar-refractivity contribution >= 4 is 22.9 Å². The molecule has 0 amide bonds. The maximum Gasteiger partial charge on any atom is 0.335 e. The number of carboxylic acids is 1. The van der Waals surface area contributed by atoms with Crippen LogP contribution in [0.25, 0.3) is 0 Å². The quantitative estimate of drug-likeness (QED) is 0.895. The van der Waals surface area contributed by atoms with Gasteiger partial charge in [-0.05, 0) is 30.9 Å². The van der Waals surface area contributed by atoms with Crippen LogP contribution in [-0.4, -0.2) is 29.6 Å². The van der Waals surface area contributed by atoms with Crippen molar-refractivity contribution in [1.29, 1.82) is 0 Å². The van der Waals surface area contributed by atoms with Crippen LogP contribution in [0.4, 0.5) is 0 Å². The second-order valence-corrected chi connectivity index (χ2v) is 5.08. The third kappa shape index (κ3) is 2.80. The van der Waals surface area contributed by atoms with E-state index in [1.807, 2.05) is 30.5 Å². The van der Waals surface area contributed by atoms with Crippen molar-refractivity contribution in [3.05, 3.63) is 41.1 Å². The van der Waals surface area contributed by atoms with Crippen molar-refractivity contribution in [2.24, 2.45) is 4.99 Å². The molecule has 0 saturated carbocycles. The largest absolute Gasteiger partial charge is 0.497 e. The van der Waals surface area contributed by atoms with Crippen LogP contribution in [0, 0.1) is 0 Å². The number of aliphatic imine (C=N–C) groups is 1. The lowest BCUT2D eigenvalue weighted by atomic mass is 9.96. The summed E-state index contributed by atoms with van der Waals surface area (Å²) in [5.74, 6) is -0.281. The van der Waals surface area contributed by atoms with Gasteiger partial charge in [0.2, 0.25) is 0 Å². The molecule has 0 spiro atoms. The number of carboxylic acid groups (broad SMARTS) is 1. The number of aliphatic carboxylic acids is 1. The van der Waals surface area contributed by atoms with E-state index < -0.39 is 12.0 Å². The number of hydrogen-bond acceptors (Lipinski definition) is 5. The normalized spacial score (nSPS) is 18.4. The van der Waals surface area contributed by atoms with Crippen LogP contribution in [0.2, 0.25) is 0 Å². The molecule has 0 fully saturated rings. The Morgan fingerprint density at radius 3 is 2.85 bits per heavy atom. The molecule has 0 radical (unpaired) electrons. The van der Waals surface area contributed by atoms with Gasteiger partial charge in [-0.3, -0.25) is 0 Å². The number of carbonyl (C=O) groups is 1. The molecule has 106 valence electrons. The lowest BCUT2D eigenvalue weighted by Crippen LogP contribution is -2.29. The lowest BCUT2D eigenvalue weighted by Gasteiger charge is -2.24. The number of hydrogen-bond donors (Lipinski definition) is 2. The maximum atomic E-state index is 11.5. The number of amidine groups is 1. The van der Waals surface area contributed by atoms with Crippen LogP contribution in [0.1, 0.15) is 18.5 Å². The zero-order chi connectivity index (χ0) is 14.7. The fraction of sp³-hybridized carbons (Fsp3) is 0.286. The molecule has 0 saturated heterocycles. The average molecular weight is 292 g/mol. The van der Waals surface area contributed by atoms with E-state index in [-0.39, 0.29) is 5.57 Å². The molecule has 0 bridgehead atoms. The third-order valence-electron chi connectivity index (χ3n) is 3.05. The summed E-state index contributed by atoms with van der Waals surface area (Å²) in [7, 11) is 1.58. The molecule has 6 heteroatoms. The lowest BCUT2D eigenvalue weighted by molar-refractivity contribution is -0.133. The Kier molecular flexibility index (Phi) is 4.34. The summed E-state index contributed by atoms with van der Waals surface area (Å²) in [6.45, 7) is 1.75.